The quantitative estimate of drug-likeness (QED) is 0.516. The van der Waals surface area contributed by atoms with Crippen LogP contribution in [0.15, 0.2) is 53.7 Å². The highest BCUT2D eigenvalue weighted by Crippen LogP contribution is 2.29. The van der Waals surface area contributed by atoms with Gasteiger partial charge in [0.2, 0.25) is 11.8 Å². The van der Waals surface area contributed by atoms with Crippen LogP contribution >= 0.6 is 11.8 Å². The largest absolute Gasteiger partial charge is 0.366 e. The van der Waals surface area contributed by atoms with Gasteiger partial charge in [0.25, 0.3) is 0 Å². The summed E-state index contributed by atoms with van der Waals surface area (Å²) in [4.78, 5) is 23.8. The van der Waals surface area contributed by atoms with Gasteiger partial charge >= 0.3 is 0 Å². The molecule has 3 rings (SSSR count). The Kier molecular flexibility index (Phi) is 7.03. The third-order valence-electron chi connectivity index (χ3n) is 5.13. The number of anilines is 1. The Morgan fingerprint density at radius 1 is 1.06 bits per heavy atom. The second-order valence-corrected chi connectivity index (χ2v) is 9.88. The van der Waals surface area contributed by atoms with Crippen molar-refractivity contribution in [3.63, 3.8) is 0 Å². The minimum atomic E-state index is -0.505. The third-order valence-corrected chi connectivity index (χ3v) is 6.21. The van der Waals surface area contributed by atoms with E-state index in [0.717, 1.165) is 11.4 Å². The van der Waals surface area contributed by atoms with E-state index in [0.29, 0.717) is 23.0 Å². The maximum atomic E-state index is 12.7. The molecule has 32 heavy (non-hydrogen) atoms. The minimum Gasteiger partial charge on any atom is -0.366 e. The molecule has 3 aromatic rings. The van der Waals surface area contributed by atoms with Crippen LogP contribution in [0, 0.1) is 0 Å². The standard InChI is InChI=1S/C24H29N5O2S/c1-6-29-21(17-7-11-18(12-8-17)24(3,4)5)27-28-23(29)32-15(2)22(31)26-19-13-9-16(10-14-19)20(25)30/h7-15H,6H2,1-5H3,(H2,25,30)(H,26,31). The lowest BCUT2D eigenvalue weighted by Gasteiger charge is -2.19. The van der Waals surface area contributed by atoms with Gasteiger partial charge in [0.05, 0.1) is 5.25 Å². The fourth-order valence-corrected chi connectivity index (χ4v) is 4.08. The minimum absolute atomic E-state index is 0.0843. The third kappa shape index (κ3) is 5.37. The molecule has 1 atom stereocenters. The summed E-state index contributed by atoms with van der Waals surface area (Å²) in [6.07, 6.45) is 0. The van der Waals surface area contributed by atoms with Crippen molar-refractivity contribution in [1.29, 1.82) is 0 Å². The van der Waals surface area contributed by atoms with Gasteiger partial charge < -0.3 is 15.6 Å². The Labute approximate surface area is 192 Å². The lowest BCUT2D eigenvalue weighted by molar-refractivity contribution is -0.115. The van der Waals surface area contributed by atoms with E-state index in [1.54, 1.807) is 24.3 Å². The highest BCUT2D eigenvalue weighted by atomic mass is 32.2. The number of hydrogen-bond donors (Lipinski definition) is 2. The number of thioether (sulfide) groups is 1. The van der Waals surface area contributed by atoms with Crippen LogP contribution in [0.5, 0.6) is 0 Å². The lowest BCUT2D eigenvalue weighted by atomic mass is 9.87. The Hall–Kier alpha value is -3.13. The highest BCUT2D eigenvalue weighted by Gasteiger charge is 2.21. The van der Waals surface area contributed by atoms with Crippen LogP contribution in [0.1, 0.15) is 50.5 Å². The molecule has 2 aromatic carbocycles. The fourth-order valence-electron chi connectivity index (χ4n) is 3.17. The van der Waals surface area contributed by atoms with E-state index in [-0.39, 0.29) is 11.3 Å². The molecule has 0 aliphatic rings. The molecule has 0 bridgehead atoms. The zero-order valence-electron chi connectivity index (χ0n) is 19.0. The van der Waals surface area contributed by atoms with Crippen LogP contribution in [-0.2, 0) is 16.8 Å². The van der Waals surface area contributed by atoms with E-state index < -0.39 is 11.2 Å². The number of rotatable bonds is 7. The Morgan fingerprint density at radius 2 is 1.69 bits per heavy atom. The predicted molar refractivity (Wildman–Crippen MR) is 129 cm³/mol. The van der Waals surface area contributed by atoms with Crippen molar-refractivity contribution >= 4 is 29.3 Å². The monoisotopic (exact) mass is 451 g/mol. The molecular formula is C24H29N5O2S. The summed E-state index contributed by atoms with van der Waals surface area (Å²) in [5, 5.41) is 11.9. The van der Waals surface area contributed by atoms with Gasteiger partial charge in [0, 0.05) is 23.4 Å². The second kappa shape index (κ2) is 9.56. The van der Waals surface area contributed by atoms with Crippen molar-refractivity contribution < 1.29 is 9.59 Å². The molecule has 0 fully saturated rings. The van der Waals surface area contributed by atoms with Crippen LogP contribution in [0.25, 0.3) is 11.4 Å². The van der Waals surface area contributed by atoms with Crippen molar-refractivity contribution in [2.24, 2.45) is 5.73 Å². The molecule has 1 heterocycles. The summed E-state index contributed by atoms with van der Waals surface area (Å²) in [6.45, 7) is 11.1. The van der Waals surface area contributed by atoms with E-state index in [1.807, 2.05) is 18.4 Å². The SMILES string of the molecule is CCn1c(SC(C)C(=O)Nc2ccc(C(N)=O)cc2)nnc1-c1ccc(C(C)(C)C)cc1. The normalized spacial score (nSPS) is 12.4. The smallest absolute Gasteiger partial charge is 0.248 e. The van der Waals surface area contributed by atoms with E-state index in [1.165, 1.54) is 17.3 Å². The maximum absolute atomic E-state index is 12.7. The van der Waals surface area contributed by atoms with Crippen LogP contribution in [0.2, 0.25) is 0 Å². The summed E-state index contributed by atoms with van der Waals surface area (Å²) < 4.78 is 2.02. The van der Waals surface area contributed by atoms with Gasteiger partial charge in [-0.05, 0) is 49.1 Å². The molecule has 0 aliphatic heterocycles. The fraction of sp³-hybridized carbons (Fsp3) is 0.333. The van der Waals surface area contributed by atoms with Gasteiger partial charge in [-0.15, -0.1) is 10.2 Å². The number of amides is 2. The van der Waals surface area contributed by atoms with Crippen molar-refractivity contribution in [1.82, 2.24) is 14.8 Å². The molecule has 8 heteroatoms. The first kappa shape index (κ1) is 23.5. The molecule has 0 saturated heterocycles. The van der Waals surface area contributed by atoms with Gasteiger partial charge in [-0.25, -0.2) is 0 Å². The first-order valence-corrected chi connectivity index (χ1v) is 11.4. The van der Waals surface area contributed by atoms with E-state index in [2.05, 4.69) is 60.6 Å². The summed E-state index contributed by atoms with van der Waals surface area (Å²) in [5.41, 5.74) is 8.58. The van der Waals surface area contributed by atoms with E-state index in [9.17, 15) is 9.59 Å². The molecular weight excluding hydrogens is 422 g/mol. The average Bonchev–Trinajstić information content (AvgIpc) is 3.16. The molecule has 0 radical (unpaired) electrons. The summed E-state index contributed by atoms with van der Waals surface area (Å²) in [5.74, 6) is 0.114. The van der Waals surface area contributed by atoms with Gasteiger partial charge in [-0.1, -0.05) is 56.8 Å². The number of nitrogens with two attached hydrogens (primary N) is 1. The number of carbonyl (C=O) groups excluding carboxylic acids is 2. The van der Waals surface area contributed by atoms with Crippen molar-refractivity contribution in [2.75, 3.05) is 5.32 Å². The first-order valence-electron chi connectivity index (χ1n) is 10.5. The summed E-state index contributed by atoms with van der Waals surface area (Å²) >= 11 is 1.36. The maximum Gasteiger partial charge on any atom is 0.248 e. The Morgan fingerprint density at radius 3 is 2.22 bits per heavy atom. The predicted octanol–water partition coefficient (Wildman–Crippen LogP) is 4.48. The highest BCUT2D eigenvalue weighted by molar-refractivity contribution is 8.00. The molecule has 1 unspecified atom stereocenters. The topological polar surface area (TPSA) is 103 Å². The second-order valence-electron chi connectivity index (χ2n) is 8.57. The molecule has 0 aliphatic carbocycles. The molecule has 0 saturated carbocycles. The van der Waals surface area contributed by atoms with E-state index in [4.69, 9.17) is 5.73 Å². The number of hydrogen-bond acceptors (Lipinski definition) is 5. The van der Waals surface area contributed by atoms with Gasteiger partial charge in [-0.2, -0.15) is 0 Å². The van der Waals surface area contributed by atoms with Crippen molar-refractivity contribution in [3.8, 4) is 11.4 Å². The average molecular weight is 452 g/mol. The number of primary amides is 1. The zero-order valence-corrected chi connectivity index (χ0v) is 19.9. The number of benzene rings is 2. The van der Waals surface area contributed by atoms with Crippen LogP contribution in [0.4, 0.5) is 5.69 Å². The Bertz CT molecular complexity index is 1100. The summed E-state index contributed by atoms with van der Waals surface area (Å²) in [7, 11) is 0. The first-order chi connectivity index (χ1) is 15.1. The molecule has 1 aromatic heterocycles. The molecule has 0 spiro atoms. The number of carbonyl (C=O) groups is 2. The molecule has 7 nitrogen and oxygen atoms in total. The molecule has 2 amide bonds. The van der Waals surface area contributed by atoms with Gasteiger partial charge in [0.1, 0.15) is 0 Å². The molecule has 168 valence electrons. The van der Waals surface area contributed by atoms with Crippen LogP contribution in [-0.4, -0.2) is 31.8 Å². The zero-order chi connectivity index (χ0) is 23.5. The van der Waals surface area contributed by atoms with Gasteiger partial charge in [-0.3, -0.25) is 9.59 Å². The van der Waals surface area contributed by atoms with E-state index >= 15 is 0 Å². The molecule has 3 N–H and O–H groups in total. The van der Waals surface area contributed by atoms with Crippen molar-refractivity contribution in [3.05, 3.63) is 59.7 Å². The summed E-state index contributed by atoms with van der Waals surface area (Å²) in [6, 6.07) is 14.9. The van der Waals surface area contributed by atoms with Gasteiger partial charge in [0.15, 0.2) is 11.0 Å². The lowest BCUT2D eigenvalue weighted by Crippen LogP contribution is -2.23. The Balaban J connectivity index is 1.72. The van der Waals surface area contributed by atoms with Crippen LogP contribution < -0.4 is 11.1 Å². The number of aromatic nitrogens is 3. The number of nitrogens with one attached hydrogen (secondary N) is 1. The van der Waals surface area contributed by atoms with Crippen LogP contribution in [0.3, 0.4) is 0 Å². The van der Waals surface area contributed by atoms with Crippen molar-refractivity contribution in [2.45, 2.75) is 57.0 Å². The number of nitrogens with zero attached hydrogens (tertiary/aromatic N) is 3.